The first-order chi connectivity index (χ1) is 11.5. The molecule has 0 saturated carbocycles. The summed E-state index contributed by atoms with van der Waals surface area (Å²) in [7, 11) is 0. The molecule has 1 fully saturated rings. The van der Waals surface area contributed by atoms with Gasteiger partial charge in [0, 0.05) is 17.9 Å². The molecule has 3 nitrogen and oxygen atoms in total. The van der Waals surface area contributed by atoms with Gasteiger partial charge in [0.05, 0.1) is 18.8 Å². The van der Waals surface area contributed by atoms with E-state index in [1.54, 1.807) is 0 Å². The third-order valence-corrected chi connectivity index (χ3v) is 4.75. The Balaban J connectivity index is 1.83. The van der Waals surface area contributed by atoms with Gasteiger partial charge < -0.3 is 9.84 Å². The highest BCUT2D eigenvalue weighted by atomic mass is 35.5. The highest BCUT2D eigenvalue weighted by molar-refractivity contribution is 6.31. The summed E-state index contributed by atoms with van der Waals surface area (Å²) in [5.74, 6) is 0.125. The number of carbonyl (C=O) groups excluding carboxylic acids is 1. The number of Topliss-reactive ketones (excluding diaryl/α,β-unsaturated/α-hetero) is 1. The molecular formula is C20H21ClO3. The van der Waals surface area contributed by atoms with Crippen molar-refractivity contribution in [2.75, 3.05) is 6.61 Å². The summed E-state index contributed by atoms with van der Waals surface area (Å²) in [4.78, 5) is 11.9. The fourth-order valence-corrected chi connectivity index (χ4v) is 3.22. The van der Waals surface area contributed by atoms with E-state index >= 15 is 0 Å². The molecule has 0 unspecified atom stereocenters. The van der Waals surface area contributed by atoms with Crippen molar-refractivity contribution in [1.29, 1.82) is 0 Å². The number of aryl methyl sites for hydroxylation is 1. The predicted molar refractivity (Wildman–Crippen MR) is 94.4 cm³/mol. The second kappa shape index (κ2) is 7.47. The van der Waals surface area contributed by atoms with E-state index < -0.39 is 6.10 Å². The molecule has 0 spiro atoms. The first-order valence-electron chi connectivity index (χ1n) is 8.17. The van der Waals surface area contributed by atoms with Gasteiger partial charge in [0.1, 0.15) is 5.78 Å². The SMILES string of the molecule is Cc1ccc(Cc2cc([C@H]3CC(=O)C[C@@H](CO)O3)ccc2Cl)cc1. The van der Waals surface area contributed by atoms with Crippen LogP contribution in [0, 0.1) is 6.92 Å². The molecule has 0 amide bonds. The van der Waals surface area contributed by atoms with Crippen LogP contribution in [0.5, 0.6) is 0 Å². The second-order valence-electron chi connectivity index (χ2n) is 6.39. The van der Waals surface area contributed by atoms with Crippen molar-refractivity contribution in [3.05, 3.63) is 69.7 Å². The summed E-state index contributed by atoms with van der Waals surface area (Å²) < 4.78 is 5.84. The average molecular weight is 345 g/mol. The fourth-order valence-electron chi connectivity index (χ4n) is 3.03. The van der Waals surface area contributed by atoms with Gasteiger partial charge in [0.15, 0.2) is 0 Å². The summed E-state index contributed by atoms with van der Waals surface area (Å²) in [5, 5.41) is 10.00. The number of hydrogen-bond acceptors (Lipinski definition) is 3. The Morgan fingerprint density at radius 2 is 1.92 bits per heavy atom. The molecule has 24 heavy (non-hydrogen) atoms. The summed E-state index contributed by atoms with van der Waals surface area (Å²) in [6.45, 7) is 1.93. The van der Waals surface area contributed by atoms with Crippen LogP contribution in [0.15, 0.2) is 42.5 Å². The van der Waals surface area contributed by atoms with Crippen molar-refractivity contribution < 1.29 is 14.6 Å². The number of benzene rings is 2. The molecule has 4 heteroatoms. The number of aliphatic hydroxyl groups excluding tert-OH is 1. The maximum absolute atomic E-state index is 11.9. The molecule has 1 aliphatic heterocycles. The molecule has 2 atom stereocenters. The minimum absolute atomic E-state index is 0.125. The molecule has 0 bridgehead atoms. The molecule has 0 aromatic heterocycles. The van der Waals surface area contributed by atoms with Crippen LogP contribution in [-0.2, 0) is 16.0 Å². The number of carbonyl (C=O) groups is 1. The van der Waals surface area contributed by atoms with Crippen molar-refractivity contribution in [2.45, 2.75) is 38.4 Å². The topological polar surface area (TPSA) is 46.5 Å². The van der Waals surface area contributed by atoms with Gasteiger partial charge in [0.25, 0.3) is 0 Å². The molecule has 126 valence electrons. The van der Waals surface area contributed by atoms with E-state index in [2.05, 4.69) is 31.2 Å². The van der Waals surface area contributed by atoms with Crippen LogP contribution in [0.2, 0.25) is 5.02 Å². The number of ketones is 1. The number of ether oxygens (including phenoxy) is 1. The lowest BCUT2D eigenvalue weighted by atomic mass is 9.94. The van der Waals surface area contributed by atoms with Gasteiger partial charge in [-0.15, -0.1) is 0 Å². The molecule has 0 radical (unpaired) electrons. The van der Waals surface area contributed by atoms with Gasteiger partial charge in [-0.2, -0.15) is 0 Å². The number of hydrogen-bond donors (Lipinski definition) is 1. The molecule has 1 saturated heterocycles. The van der Waals surface area contributed by atoms with E-state index in [1.807, 2.05) is 18.2 Å². The van der Waals surface area contributed by atoms with E-state index in [0.717, 1.165) is 17.5 Å². The molecule has 3 rings (SSSR count). The van der Waals surface area contributed by atoms with Crippen molar-refractivity contribution in [3.63, 3.8) is 0 Å². The second-order valence-corrected chi connectivity index (χ2v) is 6.80. The van der Waals surface area contributed by atoms with Gasteiger partial charge >= 0.3 is 0 Å². The van der Waals surface area contributed by atoms with Crippen LogP contribution in [0.1, 0.15) is 41.2 Å². The Morgan fingerprint density at radius 1 is 1.17 bits per heavy atom. The quantitative estimate of drug-likeness (QED) is 0.911. The zero-order valence-electron chi connectivity index (χ0n) is 13.7. The van der Waals surface area contributed by atoms with Crippen LogP contribution in [0.4, 0.5) is 0 Å². The summed E-state index contributed by atoms with van der Waals surface area (Å²) in [6.07, 6.45) is 0.653. The van der Waals surface area contributed by atoms with Gasteiger partial charge in [-0.1, -0.05) is 53.6 Å². The minimum atomic E-state index is -0.410. The normalized spacial score (nSPS) is 21.0. The van der Waals surface area contributed by atoms with Crippen molar-refractivity contribution in [1.82, 2.24) is 0 Å². The average Bonchev–Trinajstić information content (AvgIpc) is 2.58. The number of rotatable bonds is 4. The molecule has 0 aliphatic carbocycles. The zero-order valence-corrected chi connectivity index (χ0v) is 14.4. The lowest BCUT2D eigenvalue weighted by molar-refractivity contribution is -0.139. The Bertz CT molecular complexity index is 724. The summed E-state index contributed by atoms with van der Waals surface area (Å²) in [5.41, 5.74) is 4.37. The van der Waals surface area contributed by atoms with Gasteiger partial charge in [0.2, 0.25) is 0 Å². The Kier molecular flexibility index (Phi) is 5.34. The van der Waals surface area contributed by atoms with E-state index in [1.165, 1.54) is 11.1 Å². The van der Waals surface area contributed by atoms with Crippen LogP contribution in [0.3, 0.4) is 0 Å². The summed E-state index contributed by atoms with van der Waals surface area (Å²) >= 11 is 6.35. The first-order valence-corrected chi connectivity index (χ1v) is 8.55. The van der Waals surface area contributed by atoms with E-state index in [-0.39, 0.29) is 24.9 Å². The van der Waals surface area contributed by atoms with Crippen LogP contribution < -0.4 is 0 Å². The van der Waals surface area contributed by atoms with Gasteiger partial charge in [-0.3, -0.25) is 4.79 Å². The highest BCUT2D eigenvalue weighted by Gasteiger charge is 2.28. The minimum Gasteiger partial charge on any atom is -0.394 e. The summed E-state index contributed by atoms with van der Waals surface area (Å²) in [6, 6.07) is 14.1. The zero-order chi connectivity index (χ0) is 17.1. The maximum Gasteiger partial charge on any atom is 0.138 e. The molecular weight excluding hydrogens is 324 g/mol. The lowest BCUT2D eigenvalue weighted by Gasteiger charge is -2.28. The van der Waals surface area contributed by atoms with Crippen LogP contribution in [0.25, 0.3) is 0 Å². The maximum atomic E-state index is 11.9. The highest BCUT2D eigenvalue weighted by Crippen LogP contribution is 2.32. The van der Waals surface area contributed by atoms with E-state index in [4.69, 9.17) is 16.3 Å². The van der Waals surface area contributed by atoms with Crippen LogP contribution >= 0.6 is 11.6 Å². The van der Waals surface area contributed by atoms with Crippen molar-refractivity contribution in [2.24, 2.45) is 0 Å². The Hall–Kier alpha value is -1.68. The Labute approximate surface area is 147 Å². The molecule has 1 heterocycles. The third kappa shape index (κ3) is 4.04. The van der Waals surface area contributed by atoms with Crippen LogP contribution in [-0.4, -0.2) is 23.6 Å². The molecule has 2 aromatic carbocycles. The largest absolute Gasteiger partial charge is 0.394 e. The number of aliphatic hydroxyl groups is 1. The third-order valence-electron chi connectivity index (χ3n) is 4.39. The molecule has 1 aliphatic rings. The number of halogens is 1. The standard InChI is InChI=1S/C20H21ClO3/c1-13-2-4-14(5-3-13)8-16-9-15(6-7-19(16)21)20-11-17(23)10-18(12-22)24-20/h2-7,9,18,20,22H,8,10-12H2,1H3/t18-,20+/m0/s1. The smallest absolute Gasteiger partial charge is 0.138 e. The van der Waals surface area contributed by atoms with E-state index in [9.17, 15) is 9.90 Å². The molecule has 1 N–H and O–H groups in total. The first kappa shape index (κ1) is 17.2. The van der Waals surface area contributed by atoms with Gasteiger partial charge in [-0.25, -0.2) is 0 Å². The van der Waals surface area contributed by atoms with Crippen molar-refractivity contribution >= 4 is 17.4 Å². The fraction of sp³-hybridized carbons (Fsp3) is 0.350. The lowest BCUT2D eigenvalue weighted by Crippen LogP contribution is -2.30. The monoisotopic (exact) mass is 344 g/mol. The Morgan fingerprint density at radius 3 is 2.62 bits per heavy atom. The molecule has 2 aromatic rings. The predicted octanol–water partition coefficient (Wildman–Crippen LogP) is 4.02. The van der Waals surface area contributed by atoms with E-state index in [0.29, 0.717) is 11.4 Å². The van der Waals surface area contributed by atoms with Crippen molar-refractivity contribution in [3.8, 4) is 0 Å². The van der Waals surface area contributed by atoms with Gasteiger partial charge in [-0.05, 0) is 36.1 Å².